The van der Waals surface area contributed by atoms with E-state index >= 15 is 0 Å². The second kappa shape index (κ2) is 3.74. The lowest BCUT2D eigenvalue weighted by atomic mass is 9.91. The number of hydrogen-bond acceptors (Lipinski definition) is 3. The normalized spacial score (nSPS) is 33.2. The van der Waals surface area contributed by atoms with Crippen molar-refractivity contribution in [2.24, 2.45) is 17.6 Å². The van der Waals surface area contributed by atoms with Crippen molar-refractivity contribution in [2.45, 2.75) is 25.3 Å². The van der Waals surface area contributed by atoms with Crippen molar-refractivity contribution in [3.63, 3.8) is 0 Å². The molecule has 3 atom stereocenters. The summed E-state index contributed by atoms with van der Waals surface area (Å²) in [6.07, 6.45) is 1.12. The van der Waals surface area contributed by atoms with Gasteiger partial charge in [0.25, 0.3) is 0 Å². The first kappa shape index (κ1) is 9.98. The van der Waals surface area contributed by atoms with E-state index in [0.717, 1.165) is 0 Å². The minimum atomic E-state index is -0.976. The summed E-state index contributed by atoms with van der Waals surface area (Å²) in [6.45, 7) is 0. The van der Waals surface area contributed by atoms with Crippen molar-refractivity contribution in [3.8, 4) is 0 Å². The third-order valence-corrected chi connectivity index (χ3v) is 2.56. The van der Waals surface area contributed by atoms with Crippen molar-refractivity contribution >= 4 is 11.9 Å². The van der Waals surface area contributed by atoms with E-state index in [1.807, 2.05) is 0 Å². The largest absolute Gasteiger partial charge is 0.481 e. The predicted octanol–water partition coefficient (Wildman–Crippen LogP) is -0.101. The van der Waals surface area contributed by atoms with Crippen molar-refractivity contribution in [3.05, 3.63) is 0 Å². The van der Waals surface area contributed by atoms with Crippen LogP contribution in [0.25, 0.3) is 0 Å². The third kappa shape index (κ3) is 2.18. The standard InChI is InChI=1S/C8H13NO4/c9-5-2-1-4(3-6(10)11)7(5)8(12)13/h4-5,7H,1-3,9H2,(H,10,11)(H,12,13)/t4-,5+,7+/m0/s1. The van der Waals surface area contributed by atoms with Gasteiger partial charge in [0.1, 0.15) is 0 Å². The molecule has 1 fully saturated rings. The molecule has 4 N–H and O–H groups in total. The number of nitrogens with two attached hydrogens (primary N) is 1. The SMILES string of the molecule is N[C@@H]1CC[C@@H](CC(=O)O)[C@H]1C(=O)O. The van der Waals surface area contributed by atoms with Crippen LogP contribution in [0.2, 0.25) is 0 Å². The van der Waals surface area contributed by atoms with Crippen molar-refractivity contribution in [2.75, 3.05) is 0 Å². The Morgan fingerprint density at radius 1 is 1.31 bits per heavy atom. The molecule has 5 heteroatoms. The molecule has 1 rings (SSSR count). The van der Waals surface area contributed by atoms with E-state index < -0.39 is 17.9 Å². The summed E-state index contributed by atoms with van der Waals surface area (Å²) < 4.78 is 0. The maximum absolute atomic E-state index is 10.7. The van der Waals surface area contributed by atoms with Crippen molar-refractivity contribution < 1.29 is 19.8 Å². The lowest BCUT2D eigenvalue weighted by Gasteiger charge is -2.16. The number of carbonyl (C=O) groups is 2. The van der Waals surface area contributed by atoms with Crippen LogP contribution in [0.4, 0.5) is 0 Å². The van der Waals surface area contributed by atoms with E-state index in [9.17, 15) is 9.59 Å². The van der Waals surface area contributed by atoms with Gasteiger partial charge in [-0.1, -0.05) is 0 Å². The Hall–Kier alpha value is -1.10. The topological polar surface area (TPSA) is 101 Å². The maximum atomic E-state index is 10.7. The van der Waals surface area contributed by atoms with Crippen LogP contribution < -0.4 is 5.73 Å². The maximum Gasteiger partial charge on any atom is 0.308 e. The zero-order chi connectivity index (χ0) is 10.0. The molecule has 1 aliphatic rings. The summed E-state index contributed by atoms with van der Waals surface area (Å²) >= 11 is 0. The highest BCUT2D eigenvalue weighted by molar-refractivity contribution is 5.74. The van der Waals surface area contributed by atoms with Crippen LogP contribution in [0.1, 0.15) is 19.3 Å². The van der Waals surface area contributed by atoms with Gasteiger partial charge in [0, 0.05) is 12.5 Å². The monoisotopic (exact) mass is 187 g/mol. The van der Waals surface area contributed by atoms with Gasteiger partial charge < -0.3 is 15.9 Å². The Morgan fingerprint density at radius 3 is 2.38 bits per heavy atom. The zero-order valence-electron chi connectivity index (χ0n) is 7.14. The van der Waals surface area contributed by atoms with Gasteiger partial charge in [0.15, 0.2) is 0 Å². The van der Waals surface area contributed by atoms with Gasteiger partial charge >= 0.3 is 11.9 Å². The molecule has 0 spiro atoms. The summed E-state index contributed by atoms with van der Waals surface area (Å²) in [6, 6.07) is -0.387. The van der Waals surface area contributed by atoms with Gasteiger partial charge in [-0.05, 0) is 18.8 Å². The van der Waals surface area contributed by atoms with Crippen LogP contribution in [0.15, 0.2) is 0 Å². The lowest BCUT2D eigenvalue weighted by Crippen LogP contribution is -2.34. The second-order valence-electron chi connectivity index (χ2n) is 3.46. The molecular formula is C8H13NO4. The van der Waals surface area contributed by atoms with Gasteiger partial charge in [0.05, 0.1) is 5.92 Å². The molecule has 0 aromatic heterocycles. The second-order valence-corrected chi connectivity index (χ2v) is 3.46. The van der Waals surface area contributed by atoms with E-state index in [4.69, 9.17) is 15.9 Å². The number of carboxylic acid groups (broad SMARTS) is 2. The first-order valence-electron chi connectivity index (χ1n) is 4.22. The first-order valence-corrected chi connectivity index (χ1v) is 4.22. The summed E-state index contributed by atoms with van der Waals surface area (Å²) in [5.41, 5.74) is 5.57. The van der Waals surface area contributed by atoms with Gasteiger partial charge in [-0.2, -0.15) is 0 Å². The molecule has 5 nitrogen and oxygen atoms in total. The van der Waals surface area contributed by atoms with Crippen LogP contribution in [0.3, 0.4) is 0 Å². The Labute approximate surface area is 75.5 Å². The van der Waals surface area contributed by atoms with E-state index in [-0.39, 0.29) is 18.4 Å². The summed E-state index contributed by atoms with van der Waals surface area (Å²) in [5, 5.41) is 17.3. The van der Waals surface area contributed by atoms with E-state index in [1.54, 1.807) is 0 Å². The quantitative estimate of drug-likeness (QED) is 0.572. The van der Waals surface area contributed by atoms with E-state index in [2.05, 4.69) is 0 Å². The Morgan fingerprint density at radius 2 is 1.92 bits per heavy atom. The van der Waals surface area contributed by atoms with Crippen LogP contribution in [-0.2, 0) is 9.59 Å². The molecule has 0 unspecified atom stereocenters. The molecule has 74 valence electrons. The minimum absolute atomic E-state index is 0.0926. The number of hydrogen-bond donors (Lipinski definition) is 3. The molecule has 1 aliphatic carbocycles. The Bertz CT molecular complexity index is 228. The minimum Gasteiger partial charge on any atom is -0.481 e. The fourth-order valence-electron chi connectivity index (χ4n) is 1.95. The third-order valence-electron chi connectivity index (χ3n) is 2.56. The summed E-state index contributed by atoms with van der Waals surface area (Å²) in [4.78, 5) is 21.1. The highest BCUT2D eigenvalue weighted by Gasteiger charge is 2.39. The number of aliphatic carboxylic acids is 2. The molecule has 0 aromatic carbocycles. The highest BCUT2D eigenvalue weighted by Crippen LogP contribution is 2.33. The van der Waals surface area contributed by atoms with Gasteiger partial charge in [-0.15, -0.1) is 0 Å². The molecule has 1 saturated carbocycles. The van der Waals surface area contributed by atoms with Crippen LogP contribution in [0.5, 0.6) is 0 Å². The highest BCUT2D eigenvalue weighted by atomic mass is 16.4. The smallest absolute Gasteiger partial charge is 0.308 e. The zero-order valence-corrected chi connectivity index (χ0v) is 7.14. The van der Waals surface area contributed by atoms with Crippen LogP contribution in [0, 0.1) is 11.8 Å². The molecule has 0 amide bonds. The van der Waals surface area contributed by atoms with E-state index in [0.29, 0.717) is 12.8 Å². The molecule has 0 bridgehead atoms. The summed E-state index contributed by atoms with van der Waals surface area (Å²) in [7, 11) is 0. The fraction of sp³-hybridized carbons (Fsp3) is 0.750. The summed E-state index contributed by atoms with van der Waals surface area (Å²) in [5.74, 6) is -2.91. The van der Waals surface area contributed by atoms with Crippen LogP contribution >= 0.6 is 0 Å². The van der Waals surface area contributed by atoms with Crippen LogP contribution in [-0.4, -0.2) is 28.2 Å². The molecule has 0 saturated heterocycles. The number of carboxylic acids is 2. The Balaban J connectivity index is 2.64. The molecular weight excluding hydrogens is 174 g/mol. The predicted molar refractivity (Wildman–Crippen MR) is 44.1 cm³/mol. The lowest BCUT2D eigenvalue weighted by molar-refractivity contribution is -0.144. The average molecular weight is 187 g/mol. The van der Waals surface area contributed by atoms with E-state index in [1.165, 1.54) is 0 Å². The average Bonchev–Trinajstić information content (AvgIpc) is 2.30. The Kier molecular flexibility index (Phi) is 2.87. The van der Waals surface area contributed by atoms with Gasteiger partial charge in [-0.3, -0.25) is 9.59 Å². The van der Waals surface area contributed by atoms with Crippen molar-refractivity contribution in [1.29, 1.82) is 0 Å². The number of rotatable bonds is 3. The molecule has 0 aliphatic heterocycles. The molecule has 0 heterocycles. The molecule has 13 heavy (non-hydrogen) atoms. The molecule has 0 aromatic rings. The van der Waals surface area contributed by atoms with Crippen molar-refractivity contribution in [1.82, 2.24) is 0 Å². The van der Waals surface area contributed by atoms with Gasteiger partial charge in [-0.25, -0.2) is 0 Å². The fourth-order valence-corrected chi connectivity index (χ4v) is 1.95. The molecule has 0 radical (unpaired) electrons. The first-order chi connectivity index (χ1) is 6.02. The van der Waals surface area contributed by atoms with Gasteiger partial charge in [0.2, 0.25) is 0 Å².